The molecule has 0 unspecified atom stereocenters. The highest BCUT2D eigenvalue weighted by Gasteiger charge is 2.45. The molecule has 1 aliphatic carbocycles. The van der Waals surface area contributed by atoms with Crippen LogP contribution in [0.25, 0.3) is 10.4 Å². The molecule has 1 rings (SSSR count). The molecular formula is C14H24N4O4. The van der Waals surface area contributed by atoms with Gasteiger partial charge in [-0.25, -0.2) is 4.79 Å². The third-order valence-electron chi connectivity index (χ3n) is 4.03. The number of alkyl carbamates (subject to hydrolysis) is 1. The first-order valence-electron chi connectivity index (χ1n) is 7.40. The number of ether oxygens (including phenoxy) is 1. The van der Waals surface area contributed by atoms with Gasteiger partial charge in [0, 0.05) is 11.0 Å². The lowest BCUT2D eigenvalue weighted by Gasteiger charge is -2.40. The van der Waals surface area contributed by atoms with Gasteiger partial charge in [0.05, 0.1) is 11.5 Å². The minimum Gasteiger partial charge on any atom is -0.481 e. The molecule has 1 fully saturated rings. The summed E-state index contributed by atoms with van der Waals surface area (Å²) >= 11 is 0. The summed E-state index contributed by atoms with van der Waals surface area (Å²) in [4.78, 5) is 26.3. The maximum atomic E-state index is 11.9. The van der Waals surface area contributed by atoms with Crippen LogP contribution in [-0.2, 0) is 9.53 Å². The highest BCUT2D eigenvalue weighted by molar-refractivity contribution is 5.75. The molecule has 0 aromatic rings. The molecule has 0 radical (unpaired) electrons. The summed E-state index contributed by atoms with van der Waals surface area (Å²) in [5.74, 6) is -0.884. The zero-order valence-electron chi connectivity index (χ0n) is 13.5. The van der Waals surface area contributed by atoms with E-state index in [0.717, 1.165) is 0 Å². The topological polar surface area (TPSA) is 124 Å². The van der Waals surface area contributed by atoms with Crippen LogP contribution in [0.4, 0.5) is 4.79 Å². The predicted molar refractivity (Wildman–Crippen MR) is 80.3 cm³/mol. The minimum atomic E-state index is -0.902. The van der Waals surface area contributed by atoms with E-state index in [0.29, 0.717) is 19.3 Å². The van der Waals surface area contributed by atoms with Crippen LogP contribution in [0.1, 0.15) is 53.4 Å². The third kappa shape index (κ3) is 4.53. The summed E-state index contributed by atoms with van der Waals surface area (Å²) in [5, 5.41) is 15.9. The zero-order valence-corrected chi connectivity index (χ0v) is 13.5. The quantitative estimate of drug-likeness (QED) is 0.469. The maximum absolute atomic E-state index is 11.9. The van der Waals surface area contributed by atoms with Crippen molar-refractivity contribution in [1.29, 1.82) is 0 Å². The molecule has 8 nitrogen and oxygen atoms in total. The van der Waals surface area contributed by atoms with Gasteiger partial charge in [0.1, 0.15) is 5.60 Å². The fourth-order valence-electron chi connectivity index (χ4n) is 2.76. The fraction of sp³-hybridized carbons (Fsp3) is 0.857. The van der Waals surface area contributed by atoms with Crippen LogP contribution in [0, 0.1) is 5.41 Å². The number of nitrogens with zero attached hydrogens (tertiary/aromatic N) is 3. The monoisotopic (exact) mass is 312 g/mol. The molecule has 0 saturated heterocycles. The number of carbonyl (C=O) groups excluding carboxylic acids is 1. The van der Waals surface area contributed by atoms with E-state index in [-0.39, 0.29) is 6.42 Å². The number of nitrogens with one attached hydrogen (secondary N) is 1. The molecule has 2 N–H and O–H groups in total. The predicted octanol–water partition coefficient (Wildman–Crippen LogP) is 3.22. The molecule has 0 aromatic heterocycles. The highest BCUT2D eigenvalue weighted by Crippen LogP contribution is 2.40. The van der Waals surface area contributed by atoms with Gasteiger partial charge < -0.3 is 15.2 Å². The zero-order chi connectivity index (χ0) is 17.0. The number of carboxylic acid groups (broad SMARTS) is 1. The van der Waals surface area contributed by atoms with E-state index >= 15 is 0 Å². The molecule has 8 heteroatoms. The van der Waals surface area contributed by atoms with Gasteiger partial charge in [-0.3, -0.25) is 4.79 Å². The smallest absolute Gasteiger partial charge is 0.407 e. The molecule has 1 amide bonds. The van der Waals surface area contributed by atoms with Gasteiger partial charge in [-0.15, -0.1) is 0 Å². The molecule has 22 heavy (non-hydrogen) atoms. The lowest BCUT2D eigenvalue weighted by molar-refractivity contribution is -0.152. The molecular weight excluding hydrogens is 288 g/mol. The van der Waals surface area contributed by atoms with Gasteiger partial charge >= 0.3 is 12.1 Å². The number of hydrogen-bond acceptors (Lipinski definition) is 4. The van der Waals surface area contributed by atoms with Crippen molar-refractivity contribution in [3.05, 3.63) is 10.4 Å². The molecule has 124 valence electrons. The Bertz CT molecular complexity index is 482. The van der Waals surface area contributed by atoms with Crippen molar-refractivity contribution in [2.24, 2.45) is 10.5 Å². The van der Waals surface area contributed by atoms with Crippen molar-refractivity contribution in [1.82, 2.24) is 5.32 Å². The average Bonchev–Trinajstić information content (AvgIpc) is 2.38. The Morgan fingerprint density at radius 1 is 1.50 bits per heavy atom. The number of rotatable bonds is 4. The molecule has 0 spiro atoms. The lowest BCUT2D eigenvalue weighted by atomic mass is 9.69. The van der Waals surface area contributed by atoms with E-state index in [1.807, 2.05) is 6.92 Å². The number of azide groups is 1. The maximum Gasteiger partial charge on any atom is 0.407 e. The van der Waals surface area contributed by atoms with Gasteiger partial charge in [-0.1, -0.05) is 12.0 Å². The van der Waals surface area contributed by atoms with E-state index in [4.69, 9.17) is 10.3 Å². The first-order chi connectivity index (χ1) is 10.1. The largest absolute Gasteiger partial charge is 0.481 e. The van der Waals surface area contributed by atoms with E-state index in [9.17, 15) is 14.7 Å². The van der Waals surface area contributed by atoms with Crippen molar-refractivity contribution >= 4 is 12.1 Å². The summed E-state index contributed by atoms with van der Waals surface area (Å²) in [6.45, 7) is 7.04. The summed E-state index contributed by atoms with van der Waals surface area (Å²) < 4.78 is 5.20. The first kappa shape index (κ1) is 18.1. The Balaban J connectivity index is 2.90. The van der Waals surface area contributed by atoms with Crippen molar-refractivity contribution in [3.8, 4) is 0 Å². The number of amides is 1. The van der Waals surface area contributed by atoms with Crippen LogP contribution in [0.3, 0.4) is 0 Å². The minimum absolute atomic E-state index is 0.224. The third-order valence-corrected chi connectivity index (χ3v) is 4.03. The van der Waals surface area contributed by atoms with Gasteiger partial charge in [0.25, 0.3) is 0 Å². The van der Waals surface area contributed by atoms with E-state index < -0.39 is 35.2 Å². The van der Waals surface area contributed by atoms with Gasteiger partial charge in [0.2, 0.25) is 0 Å². The Morgan fingerprint density at radius 2 is 2.14 bits per heavy atom. The number of carbonyl (C=O) groups is 2. The molecule has 3 atom stereocenters. The fourth-order valence-corrected chi connectivity index (χ4v) is 2.76. The number of aliphatic carboxylic acids is 1. The molecule has 1 saturated carbocycles. The molecule has 0 heterocycles. The SMILES string of the molecule is CC[C@]1(C(=O)O)CC[C@@H](N=[N+]=[N-])[C@H](NC(=O)OC(C)(C)C)C1. The Kier molecular flexibility index (Phi) is 5.65. The summed E-state index contributed by atoms with van der Waals surface area (Å²) in [6, 6.07) is -1.01. The van der Waals surface area contributed by atoms with Gasteiger partial charge in [0.15, 0.2) is 0 Å². The highest BCUT2D eigenvalue weighted by atomic mass is 16.6. The second kappa shape index (κ2) is 6.87. The van der Waals surface area contributed by atoms with Crippen LogP contribution >= 0.6 is 0 Å². The molecule has 0 aromatic carbocycles. The summed E-state index contributed by atoms with van der Waals surface area (Å²) in [6.07, 6.45) is 0.896. The first-order valence-corrected chi connectivity index (χ1v) is 7.40. The van der Waals surface area contributed by atoms with Crippen LogP contribution < -0.4 is 5.32 Å². The van der Waals surface area contributed by atoms with Crippen molar-refractivity contribution in [3.63, 3.8) is 0 Å². The van der Waals surface area contributed by atoms with Crippen molar-refractivity contribution in [2.45, 2.75) is 71.1 Å². The molecule has 1 aliphatic rings. The second-order valence-corrected chi connectivity index (χ2v) is 6.71. The molecule has 0 aliphatic heterocycles. The number of hydrogen-bond donors (Lipinski definition) is 2. The van der Waals surface area contributed by atoms with Gasteiger partial charge in [-0.2, -0.15) is 0 Å². The Labute approximate surface area is 129 Å². The van der Waals surface area contributed by atoms with E-state index in [1.165, 1.54) is 0 Å². The summed E-state index contributed by atoms with van der Waals surface area (Å²) in [7, 11) is 0. The normalized spacial score (nSPS) is 28.4. The van der Waals surface area contributed by atoms with Crippen LogP contribution in [-0.4, -0.2) is 34.9 Å². The molecule has 0 bridgehead atoms. The van der Waals surface area contributed by atoms with Crippen molar-refractivity contribution in [2.75, 3.05) is 0 Å². The summed E-state index contributed by atoms with van der Waals surface area (Å²) in [5.41, 5.74) is 7.10. The Morgan fingerprint density at radius 3 is 2.59 bits per heavy atom. The second-order valence-electron chi connectivity index (χ2n) is 6.71. The number of carboxylic acids is 1. The van der Waals surface area contributed by atoms with Crippen molar-refractivity contribution < 1.29 is 19.4 Å². The van der Waals surface area contributed by atoms with Gasteiger partial charge in [-0.05, 0) is 52.0 Å². The lowest BCUT2D eigenvalue weighted by Crippen LogP contribution is -2.52. The van der Waals surface area contributed by atoms with Crippen LogP contribution in [0.2, 0.25) is 0 Å². The Hall–Kier alpha value is -1.95. The average molecular weight is 312 g/mol. The van der Waals surface area contributed by atoms with Crippen LogP contribution in [0.5, 0.6) is 0 Å². The van der Waals surface area contributed by atoms with Crippen LogP contribution in [0.15, 0.2) is 5.11 Å². The van der Waals surface area contributed by atoms with E-state index in [1.54, 1.807) is 20.8 Å². The van der Waals surface area contributed by atoms with E-state index in [2.05, 4.69) is 15.3 Å². The standard InChI is InChI=1S/C14H24N4O4/c1-5-14(11(19)20)7-6-9(17-18-15)10(8-14)16-12(21)22-13(2,3)4/h9-10H,5-8H2,1-4H3,(H,16,21)(H,19,20)/t9-,10-,14+/m1/s1.